The molecule has 0 aliphatic rings. The number of unbranched alkanes of at least 4 members (excludes halogenated alkanes) is 15. The number of allylic oxidation sites excluding steroid dienone is 12. The standard InChI is InChI=1S/C47H80O5/c1-4-7-10-13-16-19-21-23-25-27-30-33-36-39-42-50-43-45(52-47(49)41-38-35-32-28-18-15-12-9-6-3)44-51-46(48)40-37-34-31-29-26-24-22-20-17-14-11-8-5-2/h7-8,10-11,16-17,19-20,23-26,45H,4-6,9,12-15,18,21-22,27-44H2,1-3H3/b10-7-,11-8-,19-16-,20-17-,25-23-,26-24-. The Bertz CT molecular complexity index is 957. The Morgan fingerprint density at radius 1 is 0.442 bits per heavy atom. The summed E-state index contributed by atoms with van der Waals surface area (Å²) in [5.74, 6) is -0.451. The Morgan fingerprint density at radius 3 is 1.40 bits per heavy atom. The molecule has 0 bridgehead atoms. The molecule has 0 N–H and O–H groups in total. The molecule has 0 saturated heterocycles. The van der Waals surface area contributed by atoms with E-state index in [0.717, 1.165) is 96.3 Å². The predicted octanol–water partition coefficient (Wildman–Crippen LogP) is 14.0. The van der Waals surface area contributed by atoms with Gasteiger partial charge in [0, 0.05) is 19.4 Å². The van der Waals surface area contributed by atoms with Gasteiger partial charge < -0.3 is 14.2 Å². The molecule has 1 unspecified atom stereocenters. The lowest BCUT2D eigenvalue weighted by Crippen LogP contribution is -2.30. The second kappa shape index (κ2) is 42.8. The van der Waals surface area contributed by atoms with Crippen LogP contribution in [0.3, 0.4) is 0 Å². The Kier molecular flexibility index (Phi) is 40.6. The van der Waals surface area contributed by atoms with E-state index in [4.69, 9.17) is 14.2 Å². The Labute approximate surface area is 321 Å². The van der Waals surface area contributed by atoms with Crippen LogP contribution in [0.5, 0.6) is 0 Å². The van der Waals surface area contributed by atoms with Crippen molar-refractivity contribution in [3.8, 4) is 0 Å². The second-order valence-electron chi connectivity index (χ2n) is 13.8. The van der Waals surface area contributed by atoms with Crippen LogP contribution in [-0.2, 0) is 23.8 Å². The zero-order valence-corrected chi connectivity index (χ0v) is 34.1. The van der Waals surface area contributed by atoms with Gasteiger partial charge in [0.15, 0.2) is 6.10 Å². The zero-order valence-electron chi connectivity index (χ0n) is 34.1. The number of carbonyl (C=O) groups is 2. The fourth-order valence-electron chi connectivity index (χ4n) is 5.60. The highest BCUT2D eigenvalue weighted by atomic mass is 16.6. The maximum atomic E-state index is 12.6. The highest BCUT2D eigenvalue weighted by Crippen LogP contribution is 2.12. The molecule has 0 aliphatic heterocycles. The van der Waals surface area contributed by atoms with Crippen LogP contribution in [0, 0.1) is 0 Å². The third-order valence-electron chi connectivity index (χ3n) is 8.74. The van der Waals surface area contributed by atoms with Crippen molar-refractivity contribution < 1.29 is 23.8 Å². The van der Waals surface area contributed by atoms with Crippen LogP contribution in [0.1, 0.15) is 188 Å². The van der Waals surface area contributed by atoms with E-state index >= 15 is 0 Å². The van der Waals surface area contributed by atoms with Gasteiger partial charge in [-0.2, -0.15) is 0 Å². The van der Waals surface area contributed by atoms with Crippen molar-refractivity contribution in [1.82, 2.24) is 0 Å². The van der Waals surface area contributed by atoms with Crippen LogP contribution in [0.15, 0.2) is 72.9 Å². The van der Waals surface area contributed by atoms with Crippen LogP contribution in [0.4, 0.5) is 0 Å². The molecule has 0 aromatic heterocycles. The van der Waals surface area contributed by atoms with Crippen LogP contribution in [0.25, 0.3) is 0 Å². The van der Waals surface area contributed by atoms with Gasteiger partial charge in [-0.05, 0) is 83.5 Å². The second-order valence-corrected chi connectivity index (χ2v) is 13.8. The molecule has 0 amide bonds. The lowest BCUT2D eigenvalue weighted by atomic mass is 10.1. The lowest BCUT2D eigenvalue weighted by molar-refractivity contribution is -0.163. The van der Waals surface area contributed by atoms with E-state index in [1.807, 2.05) is 0 Å². The van der Waals surface area contributed by atoms with Crippen LogP contribution in [0.2, 0.25) is 0 Å². The molecule has 52 heavy (non-hydrogen) atoms. The Balaban J connectivity index is 4.32. The normalized spacial score (nSPS) is 12.9. The van der Waals surface area contributed by atoms with Gasteiger partial charge in [0.1, 0.15) is 6.61 Å². The van der Waals surface area contributed by atoms with Gasteiger partial charge in [0.25, 0.3) is 0 Å². The molecular weight excluding hydrogens is 645 g/mol. The number of hydrogen-bond donors (Lipinski definition) is 0. The summed E-state index contributed by atoms with van der Waals surface area (Å²) >= 11 is 0. The number of ether oxygens (including phenoxy) is 3. The minimum Gasteiger partial charge on any atom is -0.462 e. The first-order chi connectivity index (χ1) is 25.6. The summed E-state index contributed by atoms with van der Waals surface area (Å²) in [6.07, 6.45) is 53.3. The van der Waals surface area contributed by atoms with Gasteiger partial charge in [0.2, 0.25) is 0 Å². The minimum atomic E-state index is -0.557. The van der Waals surface area contributed by atoms with Crippen LogP contribution >= 0.6 is 0 Å². The zero-order chi connectivity index (χ0) is 37.8. The number of esters is 2. The predicted molar refractivity (Wildman–Crippen MR) is 224 cm³/mol. The molecule has 5 nitrogen and oxygen atoms in total. The van der Waals surface area contributed by atoms with Crippen LogP contribution in [-0.4, -0.2) is 37.9 Å². The van der Waals surface area contributed by atoms with E-state index in [2.05, 4.69) is 93.7 Å². The fraction of sp³-hybridized carbons (Fsp3) is 0.702. The molecule has 298 valence electrons. The van der Waals surface area contributed by atoms with Crippen LogP contribution < -0.4 is 0 Å². The summed E-state index contributed by atoms with van der Waals surface area (Å²) in [7, 11) is 0. The molecule has 0 rings (SSSR count). The van der Waals surface area contributed by atoms with Crippen molar-refractivity contribution in [2.24, 2.45) is 0 Å². The number of hydrogen-bond acceptors (Lipinski definition) is 5. The third-order valence-corrected chi connectivity index (χ3v) is 8.74. The summed E-state index contributed by atoms with van der Waals surface area (Å²) in [4.78, 5) is 25.1. The van der Waals surface area contributed by atoms with E-state index in [9.17, 15) is 9.59 Å². The maximum Gasteiger partial charge on any atom is 0.306 e. The Morgan fingerprint density at radius 2 is 0.865 bits per heavy atom. The van der Waals surface area contributed by atoms with E-state index in [-0.39, 0.29) is 25.2 Å². The van der Waals surface area contributed by atoms with E-state index in [0.29, 0.717) is 19.4 Å². The van der Waals surface area contributed by atoms with E-state index in [1.165, 1.54) is 57.8 Å². The SMILES string of the molecule is CC/C=C\C/C=C\C/C=C\CCCCCCOCC(COC(=O)CCCCC/C=C\C/C=C\C/C=C\CC)OC(=O)CCCCCCCCCCC. The first-order valence-corrected chi connectivity index (χ1v) is 21.5. The molecule has 0 aromatic carbocycles. The van der Waals surface area contributed by atoms with Gasteiger partial charge in [-0.15, -0.1) is 0 Å². The molecular formula is C47H80O5. The molecule has 0 aromatic rings. The van der Waals surface area contributed by atoms with Crippen molar-refractivity contribution in [3.05, 3.63) is 72.9 Å². The summed E-state index contributed by atoms with van der Waals surface area (Å²) in [6, 6.07) is 0. The lowest BCUT2D eigenvalue weighted by Gasteiger charge is -2.18. The number of carbonyl (C=O) groups excluding carboxylic acids is 2. The average Bonchev–Trinajstić information content (AvgIpc) is 3.14. The highest BCUT2D eigenvalue weighted by Gasteiger charge is 2.17. The van der Waals surface area contributed by atoms with E-state index in [1.54, 1.807) is 0 Å². The number of rotatable bonds is 38. The van der Waals surface area contributed by atoms with Crippen molar-refractivity contribution in [3.63, 3.8) is 0 Å². The Hall–Kier alpha value is -2.66. The van der Waals surface area contributed by atoms with Gasteiger partial charge >= 0.3 is 11.9 Å². The third kappa shape index (κ3) is 40.1. The summed E-state index contributed by atoms with van der Waals surface area (Å²) in [5.41, 5.74) is 0. The highest BCUT2D eigenvalue weighted by molar-refractivity contribution is 5.70. The fourth-order valence-corrected chi connectivity index (χ4v) is 5.60. The first-order valence-electron chi connectivity index (χ1n) is 21.5. The van der Waals surface area contributed by atoms with Crippen molar-refractivity contribution in [2.75, 3.05) is 19.8 Å². The maximum absolute atomic E-state index is 12.6. The van der Waals surface area contributed by atoms with Gasteiger partial charge in [0.05, 0.1) is 6.61 Å². The molecule has 0 radical (unpaired) electrons. The molecule has 0 aliphatic carbocycles. The molecule has 0 heterocycles. The minimum absolute atomic E-state index is 0.0593. The van der Waals surface area contributed by atoms with Crippen molar-refractivity contribution >= 4 is 11.9 Å². The average molecular weight is 725 g/mol. The quantitative estimate of drug-likeness (QED) is 0.0360. The largest absolute Gasteiger partial charge is 0.462 e. The summed E-state index contributed by atoms with van der Waals surface area (Å²) in [6.45, 7) is 7.49. The van der Waals surface area contributed by atoms with Gasteiger partial charge in [-0.3, -0.25) is 9.59 Å². The topological polar surface area (TPSA) is 61.8 Å². The summed E-state index contributed by atoms with van der Waals surface area (Å²) in [5, 5.41) is 0. The molecule has 1 atom stereocenters. The molecule has 0 spiro atoms. The molecule has 0 saturated carbocycles. The monoisotopic (exact) mass is 725 g/mol. The summed E-state index contributed by atoms with van der Waals surface area (Å²) < 4.78 is 17.2. The molecule has 0 fully saturated rings. The van der Waals surface area contributed by atoms with Gasteiger partial charge in [-0.25, -0.2) is 0 Å². The first kappa shape index (κ1) is 49.3. The van der Waals surface area contributed by atoms with Gasteiger partial charge in [-0.1, -0.05) is 164 Å². The van der Waals surface area contributed by atoms with Crippen molar-refractivity contribution in [1.29, 1.82) is 0 Å². The molecule has 5 heteroatoms. The smallest absolute Gasteiger partial charge is 0.306 e. The van der Waals surface area contributed by atoms with Crippen molar-refractivity contribution in [2.45, 2.75) is 194 Å². The van der Waals surface area contributed by atoms with E-state index < -0.39 is 6.10 Å².